The minimum atomic E-state index is -4.78. The topological polar surface area (TPSA) is 54.5 Å². The van der Waals surface area contributed by atoms with Gasteiger partial charge in [0, 0.05) is 56.6 Å². The summed E-state index contributed by atoms with van der Waals surface area (Å²) in [6.45, 7) is 13.3. The zero-order valence-corrected chi connectivity index (χ0v) is 20.0. The van der Waals surface area contributed by atoms with E-state index in [1.807, 2.05) is 50.5 Å². The van der Waals surface area contributed by atoms with Gasteiger partial charge in [-0.25, -0.2) is 4.79 Å². The third-order valence-corrected chi connectivity index (χ3v) is 5.64. The average Bonchev–Trinajstić information content (AvgIpc) is 2.66. The fourth-order valence-electron chi connectivity index (χ4n) is 4.20. The lowest BCUT2D eigenvalue weighted by Crippen LogP contribution is -2.61. The summed E-state index contributed by atoms with van der Waals surface area (Å²) in [5.41, 5.74) is -0.0161. The summed E-state index contributed by atoms with van der Waals surface area (Å²) in [5.74, 6) is -0.195. The molecular weight excluding hydrogens is 439 g/mol. The molecule has 10 heteroatoms. The van der Waals surface area contributed by atoms with Gasteiger partial charge in [-0.2, -0.15) is 0 Å². The van der Waals surface area contributed by atoms with Crippen LogP contribution in [0.1, 0.15) is 40.2 Å². The summed E-state index contributed by atoms with van der Waals surface area (Å²) in [5, 5.41) is 0. The van der Waals surface area contributed by atoms with E-state index in [2.05, 4.69) is 4.74 Å². The molecular formula is C23H34F3N3O4. The van der Waals surface area contributed by atoms with Crippen molar-refractivity contribution in [3.63, 3.8) is 0 Å². The van der Waals surface area contributed by atoms with Crippen molar-refractivity contribution >= 4 is 11.8 Å². The lowest BCUT2D eigenvalue weighted by Gasteiger charge is -2.47. The molecule has 1 aromatic carbocycles. The van der Waals surface area contributed by atoms with E-state index in [1.165, 1.54) is 6.07 Å². The second-order valence-corrected chi connectivity index (χ2v) is 10.1. The molecule has 1 aromatic rings. The molecule has 0 bridgehead atoms. The molecule has 33 heavy (non-hydrogen) atoms. The number of amides is 1. The van der Waals surface area contributed by atoms with Gasteiger partial charge in [-0.3, -0.25) is 4.90 Å². The highest BCUT2D eigenvalue weighted by atomic mass is 19.4. The van der Waals surface area contributed by atoms with E-state index in [0.717, 1.165) is 0 Å². The first kappa shape index (κ1) is 25.4. The van der Waals surface area contributed by atoms with Crippen LogP contribution in [0.25, 0.3) is 0 Å². The molecule has 0 spiro atoms. The lowest BCUT2D eigenvalue weighted by atomic mass is 9.98. The first-order valence-corrected chi connectivity index (χ1v) is 11.2. The SMILES string of the molecule is CC(C)(C)OC(=O)N1CCN(Cc2ccc(N3CCOCC3)cc2OC(F)(F)F)CC1(C)C. The summed E-state index contributed by atoms with van der Waals surface area (Å²) in [4.78, 5) is 18.3. The van der Waals surface area contributed by atoms with Gasteiger partial charge in [0.2, 0.25) is 0 Å². The fraction of sp³-hybridized carbons (Fsp3) is 0.696. The minimum Gasteiger partial charge on any atom is -0.444 e. The van der Waals surface area contributed by atoms with Gasteiger partial charge in [-0.05, 0) is 40.7 Å². The van der Waals surface area contributed by atoms with E-state index in [1.54, 1.807) is 11.0 Å². The van der Waals surface area contributed by atoms with Crippen LogP contribution >= 0.6 is 0 Å². The molecule has 186 valence electrons. The molecule has 0 saturated carbocycles. The number of alkyl halides is 3. The monoisotopic (exact) mass is 473 g/mol. The molecule has 1 amide bonds. The van der Waals surface area contributed by atoms with Gasteiger partial charge in [0.1, 0.15) is 11.4 Å². The molecule has 2 fully saturated rings. The Kier molecular flexibility index (Phi) is 7.38. The number of anilines is 1. The van der Waals surface area contributed by atoms with Crippen LogP contribution < -0.4 is 9.64 Å². The Morgan fingerprint density at radius 3 is 2.33 bits per heavy atom. The molecule has 7 nitrogen and oxygen atoms in total. The van der Waals surface area contributed by atoms with E-state index in [4.69, 9.17) is 9.47 Å². The van der Waals surface area contributed by atoms with Crippen molar-refractivity contribution in [2.45, 2.75) is 58.7 Å². The first-order chi connectivity index (χ1) is 15.2. The number of rotatable bonds is 4. The van der Waals surface area contributed by atoms with Crippen molar-refractivity contribution in [1.29, 1.82) is 0 Å². The standard InChI is InChI=1S/C23H34F3N3O4/c1-21(2,3)33-20(30)29-9-8-27(16-22(29,4)5)15-17-6-7-18(28-10-12-31-13-11-28)14-19(17)32-23(24,25)26/h6-7,14H,8-13,15-16H2,1-5H3. The van der Waals surface area contributed by atoms with Crippen molar-refractivity contribution in [3.05, 3.63) is 23.8 Å². The highest BCUT2D eigenvalue weighted by Gasteiger charge is 2.39. The van der Waals surface area contributed by atoms with Gasteiger partial charge in [-0.15, -0.1) is 13.2 Å². The van der Waals surface area contributed by atoms with E-state index in [9.17, 15) is 18.0 Å². The molecule has 0 atom stereocenters. The number of halogens is 3. The third-order valence-electron chi connectivity index (χ3n) is 5.64. The molecule has 3 rings (SSSR count). The number of carbonyl (C=O) groups excluding carboxylic acids is 1. The number of nitrogens with zero attached hydrogens (tertiary/aromatic N) is 3. The maximum atomic E-state index is 13.1. The number of ether oxygens (including phenoxy) is 3. The molecule has 0 radical (unpaired) electrons. The predicted octanol–water partition coefficient (Wildman–Crippen LogP) is 4.25. The van der Waals surface area contributed by atoms with Crippen molar-refractivity contribution in [2.75, 3.05) is 50.8 Å². The smallest absolute Gasteiger partial charge is 0.444 e. The Balaban J connectivity index is 1.75. The molecule has 0 N–H and O–H groups in total. The number of benzene rings is 1. The zero-order chi connectivity index (χ0) is 24.4. The van der Waals surface area contributed by atoms with Crippen LogP contribution in [0.2, 0.25) is 0 Å². The van der Waals surface area contributed by atoms with Crippen LogP contribution in [-0.2, 0) is 16.0 Å². The van der Waals surface area contributed by atoms with Crippen molar-refractivity contribution < 1.29 is 32.2 Å². The molecule has 2 heterocycles. The zero-order valence-electron chi connectivity index (χ0n) is 20.0. The van der Waals surface area contributed by atoms with Gasteiger partial charge in [-0.1, -0.05) is 6.07 Å². The van der Waals surface area contributed by atoms with Crippen LogP contribution in [0.5, 0.6) is 5.75 Å². The molecule has 0 unspecified atom stereocenters. The van der Waals surface area contributed by atoms with E-state index >= 15 is 0 Å². The minimum absolute atomic E-state index is 0.195. The number of hydrogen-bond acceptors (Lipinski definition) is 6. The fourth-order valence-corrected chi connectivity index (χ4v) is 4.20. The largest absolute Gasteiger partial charge is 0.573 e. The Bertz CT molecular complexity index is 833. The Morgan fingerprint density at radius 1 is 1.09 bits per heavy atom. The number of carbonyl (C=O) groups is 1. The van der Waals surface area contributed by atoms with Crippen LogP contribution in [0.4, 0.5) is 23.7 Å². The number of piperazine rings is 1. The molecule has 0 aliphatic carbocycles. The van der Waals surface area contributed by atoms with E-state index < -0.39 is 17.5 Å². The van der Waals surface area contributed by atoms with Crippen LogP contribution in [0, 0.1) is 0 Å². The van der Waals surface area contributed by atoms with Gasteiger partial charge >= 0.3 is 12.5 Å². The normalized spacial score (nSPS) is 20.0. The summed E-state index contributed by atoms with van der Waals surface area (Å²) < 4.78 is 54.7. The molecule has 2 aliphatic rings. The second kappa shape index (κ2) is 9.58. The third kappa shape index (κ3) is 7.14. The summed E-state index contributed by atoms with van der Waals surface area (Å²) in [7, 11) is 0. The highest BCUT2D eigenvalue weighted by molar-refractivity contribution is 5.69. The van der Waals surface area contributed by atoms with Gasteiger partial charge in [0.05, 0.1) is 18.8 Å². The number of hydrogen-bond donors (Lipinski definition) is 0. The van der Waals surface area contributed by atoms with Gasteiger partial charge < -0.3 is 24.0 Å². The quantitative estimate of drug-likeness (QED) is 0.652. The summed E-state index contributed by atoms with van der Waals surface area (Å²) in [6, 6.07) is 4.97. The first-order valence-electron chi connectivity index (χ1n) is 11.2. The molecule has 0 aromatic heterocycles. The summed E-state index contributed by atoms with van der Waals surface area (Å²) >= 11 is 0. The van der Waals surface area contributed by atoms with Gasteiger partial charge in [0.15, 0.2) is 0 Å². The predicted molar refractivity (Wildman–Crippen MR) is 118 cm³/mol. The Labute approximate surface area is 193 Å². The Hall–Kier alpha value is -2.20. The maximum absolute atomic E-state index is 13.1. The van der Waals surface area contributed by atoms with E-state index in [-0.39, 0.29) is 18.4 Å². The van der Waals surface area contributed by atoms with E-state index in [0.29, 0.717) is 57.2 Å². The van der Waals surface area contributed by atoms with Crippen LogP contribution in [-0.4, -0.2) is 79.3 Å². The van der Waals surface area contributed by atoms with Crippen LogP contribution in [0.15, 0.2) is 18.2 Å². The van der Waals surface area contributed by atoms with Crippen molar-refractivity contribution in [1.82, 2.24) is 9.80 Å². The second-order valence-electron chi connectivity index (χ2n) is 10.1. The highest BCUT2D eigenvalue weighted by Crippen LogP contribution is 2.33. The average molecular weight is 474 g/mol. The molecule has 2 saturated heterocycles. The van der Waals surface area contributed by atoms with Gasteiger partial charge in [0.25, 0.3) is 0 Å². The van der Waals surface area contributed by atoms with Crippen LogP contribution in [0.3, 0.4) is 0 Å². The Morgan fingerprint density at radius 2 is 1.76 bits per heavy atom. The van der Waals surface area contributed by atoms with Crippen molar-refractivity contribution in [3.8, 4) is 5.75 Å². The summed E-state index contributed by atoms with van der Waals surface area (Å²) in [6.07, 6.45) is -5.17. The maximum Gasteiger partial charge on any atom is 0.573 e. The molecule has 2 aliphatic heterocycles. The lowest BCUT2D eigenvalue weighted by molar-refractivity contribution is -0.275. The number of morpholine rings is 1. The van der Waals surface area contributed by atoms with Crippen molar-refractivity contribution in [2.24, 2.45) is 0 Å².